The third kappa shape index (κ3) is 3.19. The minimum Gasteiger partial charge on any atom is -0.480 e. The Morgan fingerprint density at radius 1 is 1.17 bits per heavy atom. The number of carbonyl (C=O) groups excluding carboxylic acids is 1. The van der Waals surface area contributed by atoms with E-state index in [9.17, 15) is 14.7 Å². The number of hydrogen-bond donors (Lipinski definition) is 3. The summed E-state index contributed by atoms with van der Waals surface area (Å²) in [5.74, 6) is -1.61. The van der Waals surface area contributed by atoms with Gasteiger partial charge in [-0.2, -0.15) is 0 Å². The zero-order valence-electron chi connectivity index (χ0n) is 16.7. The van der Waals surface area contributed by atoms with E-state index in [2.05, 4.69) is 47.3 Å². The first-order valence-corrected chi connectivity index (χ1v) is 10.6. The van der Waals surface area contributed by atoms with E-state index >= 15 is 0 Å². The predicted molar refractivity (Wildman–Crippen MR) is 116 cm³/mol. The molecule has 5 nitrogen and oxygen atoms in total. The maximum Gasteiger partial charge on any atom is 0.321 e. The standard InChI is InChI=1S/C23H25BrN2O3/c1-22(2,3)12-17-23(15-9-4-5-10-16(15)25-21(23)29)18(19(26-17)20(27)28)13-7-6-8-14(24)11-13/h4-11,17-19,26H,12H2,1-3H3,(H,25,29)(H,27,28). The largest absolute Gasteiger partial charge is 0.480 e. The van der Waals surface area contributed by atoms with Gasteiger partial charge in [0.1, 0.15) is 11.5 Å². The van der Waals surface area contributed by atoms with E-state index in [-0.39, 0.29) is 17.4 Å². The van der Waals surface area contributed by atoms with E-state index in [0.29, 0.717) is 6.42 Å². The molecule has 1 fully saturated rings. The number of carboxylic acids is 1. The number of halogens is 1. The summed E-state index contributed by atoms with van der Waals surface area (Å²) in [6, 6.07) is 14.1. The van der Waals surface area contributed by atoms with Gasteiger partial charge in [-0.05, 0) is 41.2 Å². The lowest BCUT2D eigenvalue weighted by Crippen LogP contribution is -2.49. The summed E-state index contributed by atoms with van der Waals surface area (Å²) in [6.07, 6.45) is 0.670. The fraction of sp³-hybridized carbons (Fsp3) is 0.391. The molecule has 1 amide bonds. The van der Waals surface area contributed by atoms with Crippen molar-refractivity contribution in [3.05, 3.63) is 64.1 Å². The first kappa shape index (κ1) is 20.1. The lowest BCUT2D eigenvalue weighted by Gasteiger charge is -2.37. The van der Waals surface area contributed by atoms with Crippen LogP contribution < -0.4 is 10.6 Å². The van der Waals surface area contributed by atoms with Crippen LogP contribution in [0.3, 0.4) is 0 Å². The number of carboxylic acid groups (broad SMARTS) is 1. The molecule has 2 aliphatic heterocycles. The van der Waals surface area contributed by atoms with Crippen molar-refractivity contribution in [1.29, 1.82) is 0 Å². The van der Waals surface area contributed by atoms with Gasteiger partial charge >= 0.3 is 5.97 Å². The van der Waals surface area contributed by atoms with Gasteiger partial charge in [0.2, 0.25) is 5.91 Å². The van der Waals surface area contributed by atoms with Crippen LogP contribution in [0.1, 0.15) is 44.2 Å². The van der Waals surface area contributed by atoms with E-state index in [0.717, 1.165) is 21.3 Å². The minimum absolute atomic E-state index is 0.0856. The fourth-order valence-electron chi connectivity index (χ4n) is 5.08. The minimum atomic E-state index is -0.992. The quantitative estimate of drug-likeness (QED) is 0.643. The molecule has 2 aliphatic rings. The molecule has 1 spiro atoms. The lowest BCUT2D eigenvalue weighted by atomic mass is 9.62. The lowest BCUT2D eigenvalue weighted by molar-refractivity contribution is -0.139. The highest BCUT2D eigenvalue weighted by Crippen LogP contribution is 2.56. The number of nitrogens with one attached hydrogen (secondary N) is 2. The highest BCUT2D eigenvalue weighted by Gasteiger charge is 2.65. The van der Waals surface area contributed by atoms with Crippen molar-refractivity contribution in [1.82, 2.24) is 5.32 Å². The Morgan fingerprint density at radius 3 is 2.55 bits per heavy atom. The van der Waals surface area contributed by atoms with Gasteiger partial charge < -0.3 is 10.4 Å². The Labute approximate surface area is 179 Å². The number of anilines is 1. The highest BCUT2D eigenvalue weighted by atomic mass is 79.9. The van der Waals surface area contributed by atoms with Crippen LogP contribution in [0.4, 0.5) is 5.69 Å². The first-order chi connectivity index (χ1) is 13.6. The molecule has 0 aliphatic carbocycles. The average Bonchev–Trinajstić information content (AvgIpc) is 3.11. The van der Waals surface area contributed by atoms with Gasteiger partial charge in [0, 0.05) is 22.1 Å². The molecule has 4 rings (SSSR count). The summed E-state index contributed by atoms with van der Waals surface area (Å²) in [5, 5.41) is 16.5. The molecule has 0 radical (unpaired) electrons. The average molecular weight is 457 g/mol. The molecule has 2 heterocycles. The third-order valence-corrected chi connectivity index (χ3v) is 6.53. The molecule has 2 aromatic rings. The maximum atomic E-state index is 13.6. The van der Waals surface area contributed by atoms with Gasteiger partial charge in [-0.25, -0.2) is 0 Å². The SMILES string of the molecule is CC(C)(C)CC1NC(C(=O)O)C(c2cccc(Br)c2)C12C(=O)Nc1ccccc12. The van der Waals surface area contributed by atoms with Crippen LogP contribution in [-0.4, -0.2) is 29.1 Å². The van der Waals surface area contributed by atoms with Gasteiger partial charge in [-0.1, -0.05) is 67.0 Å². The molecule has 0 saturated carbocycles. The highest BCUT2D eigenvalue weighted by molar-refractivity contribution is 9.10. The summed E-state index contributed by atoms with van der Waals surface area (Å²) >= 11 is 3.51. The van der Waals surface area contributed by atoms with Crippen molar-refractivity contribution in [2.45, 2.75) is 50.6 Å². The van der Waals surface area contributed by atoms with Crippen molar-refractivity contribution in [2.75, 3.05) is 5.32 Å². The van der Waals surface area contributed by atoms with Crippen molar-refractivity contribution >= 4 is 33.5 Å². The number of amides is 1. The second kappa shape index (κ2) is 6.96. The normalized spacial score (nSPS) is 28.4. The van der Waals surface area contributed by atoms with Gasteiger partial charge in [-0.3, -0.25) is 14.9 Å². The molecule has 0 aromatic heterocycles. The molecule has 3 N–H and O–H groups in total. The Balaban J connectivity index is 1.99. The van der Waals surface area contributed by atoms with Gasteiger partial charge in [0.25, 0.3) is 0 Å². The van der Waals surface area contributed by atoms with Crippen molar-refractivity contribution in [3.8, 4) is 0 Å². The van der Waals surface area contributed by atoms with Crippen LogP contribution in [0.5, 0.6) is 0 Å². The summed E-state index contributed by atoms with van der Waals surface area (Å²) < 4.78 is 0.861. The zero-order chi connectivity index (χ0) is 21.0. The number of hydrogen-bond acceptors (Lipinski definition) is 3. The fourth-order valence-corrected chi connectivity index (χ4v) is 5.50. The van der Waals surface area contributed by atoms with Crippen LogP contribution in [-0.2, 0) is 15.0 Å². The summed E-state index contributed by atoms with van der Waals surface area (Å²) in [4.78, 5) is 26.0. The number of para-hydroxylation sites is 1. The van der Waals surface area contributed by atoms with Crippen molar-refractivity contribution in [2.24, 2.45) is 5.41 Å². The summed E-state index contributed by atoms with van der Waals surface area (Å²) in [6.45, 7) is 6.34. The molecule has 2 aromatic carbocycles. The molecule has 1 saturated heterocycles. The smallest absolute Gasteiger partial charge is 0.321 e. The third-order valence-electron chi connectivity index (χ3n) is 6.04. The van der Waals surface area contributed by atoms with E-state index < -0.39 is 23.3 Å². The Kier molecular flexibility index (Phi) is 4.82. The number of benzene rings is 2. The number of fused-ring (bicyclic) bond motifs is 2. The van der Waals surface area contributed by atoms with E-state index in [4.69, 9.17) is 0 Å². The first-order valence-electron chi connectivity index (χ1n) is 9.80. The molecule has 4 atom stereocenters. The van der Waals surface area contributed by atoms with Crippen LogP contribution in [0.25, 0.3) is 0 Å². The Hall–Kier alpha value is -2.18. The van der Waals surface area contributed by atoms with Crippen LogP contribution >= 0.6 is 15.9 Å². The van der Waals surface area contributed by atoms with E-state index in [1.54, 1.807) is 0 Å². The van der Waals surface area contributed by atoms with Crippen molar-refractivity contribution < 1.29 is 14.7 Å². The molecular weight excluding hydrogens is 432 g/mol. The second-order valence-corrected chi connectivity index (χ2v) is 10.1. The number of rotatable bonds is 3. The zero-order valence-corrected chi connectivity index (χ0v) is 18.3. The molecule has 152 valence electrons. The number of aliphatic carboxylic acids is 1. The Bertz CT molecular complexity index is 984. The van der Waals surface area contributed by atoms with E-state index in [1.807, 2.05) is 48.5 Å². The molecular formula is C23H25BrN2O3. The van der Waals surface area contributed by atoms with Crippen LogP contribution in [0.2, 0.25) is 0 Å². The van der Waals surface area contributed by atoms with Gasteiger partial charge in [0.05, 0.1) is 0 Å². The van der Waals surface area contributed by atoms with Gasteiger partial charge in [-0.15, -0.1) is 0 Å². The monoisotopic (exact) mass is 456 g/mol. The number of carbonyl (C=O) groups is 2. The Morgan fingerprint density at radius 2 is 1.90 bits per heavy atom. The molecule has 4 unspecified atom stereocenters. The topological polar surface area (TPSA) is 78.4 Å². The second-order valence-electron chi connectivity index (χ2n) is 9.20. The maximum absolute atomic E-state index is 13.6. The van der Waals surface area contributed by atoms with Crippen molar-refractivity contribution in [3.63, 3.8) is 0 Å². The predicted octanol–water partition coefficient (Wildman–Crippen LogP) is 4.28. The summed E-state index contributed by atoms with van der Waals surface area (Å²) in [7, 11) is 0. The van der Waals surface area contributed by atoms with Crippen LogP contribution in [0, 0.1) is 5.41 Å². The van der Waals surface area contributed by atoms with Gasteiger partial charge in [0.15, 0.2) is 0 Å². The summed E-state index contributed by atoms with van der Waals surface area (Å²) in [5.41, 5.74) is 1.40. The van der Waals surface area contributed by atoms with E-state index in [1.165, 1.54) is 0 Å². The molecule has 29 heavy (non-hydrogen) atoms. The van der Waals surface area contributed by atoms with Crippen LogP contribution in [0.15, 0.2) is 53.0 Å². The molecule has 0 bridgehead atoms. The molecule has 6 heteroatoms.